The van der Waals surface area contributed by atoms with E-state index < -0.39 is 0 Å². The van der Waals surface area contributed by atoms with E-state index in [0.29, 0.717) is 12.5 Å². The zero-order valence-corrected chi connectivity index (χ0v) is 13.2. The lowest BCUT2D eigenvalue weighted by atomic mass is 10.0. The van der Waals surface area contributed by atoms with Crippen LogP contribution in [0, 0.1) is 11.7 Å². The molecule has 0 bridgehead atoms. The zero-order valence-electron chi connectivity index (χ0n) is 13.2. The van der Waals surface area contributed by atoms with E-state index >= 15 is 0 Å². The average Bonchev–Trinajstić information content (AvgIpc) is 2.47. The van der Waals surface area contributed by atoms with Crippen molar-refractivity contribution in [1.82, 2.24) is 5.32 Å². The fraction of sp³-hybridized carbons (Fsp3) is 0.647. The molecule has 0 aliphatic heterocycles. The predicted octanol–water partition coefficient (Wildman–Crippen LogP) is 4.70. The monoisotopic (exact) mass is 281 g/mol. The van der Waals surface area contributed by atoms with Gasteiger partial charge in [0.1, 0.15) is 11.6 Å². The van der Waals surface area contributed by atoms with Crippen molar-refractivity contribution in [2.75, 3.05) is 13.7 Å². The van der Waals surface area contributed by atoms with E-state index in [-0.39, 0.29) is 11.9 Å². The van der Waals surface area contributed by atoms with Crippen molar-refractivity contribution in [2.45, 2.75) is 52.5 Å². The number of nitrogens with one attached hydrogen (secondary N) is 1. The highest BCUT2D eigenvalue weighted by Crippen LogP contribution is 2.27. The third-order valence-corrected chi connectivity index (χ3v) is 3.89. The highest BCUT2D eigenvalue weighted by molar-refractivity contribution is 5.36. The Morgan fingerprint density at radius 2 is 2.05 bits per heavy atom. The van der Waals surface area contributed by atoms with Gasteiger partial charge >= 0.3 is 0 Å². The van der Waals surface area contributed by atoms with Gasteiger partial charge in [-0.3, -0.25) is 0 Å². The number of hydrogen-bond donors (Lipinski definition) is 1. The number of halogens is 1. The van der Waals surface area contributed by atoms with Crippen LogP contribution in [0.15, 0.2) is 18.2 Å². The van der Waals surface area contributed by atoms with Gasteiger partial charge in [0.15, 0.2) is 0 Å². The number of rotatable bonds is 9. The molecule has 2 unspecified atom stereocenters. The minimum Gasteiger partial charge on any atom is -0.493 e. The lowest BCUT2D eigenvalue weighted by molar-refractivity contribution is 0.230. The molecule has 0 amide bonds. The first-order valence-electron chi connectivity index (χ1n) is 7.71. The number of ether oxygens (including phenoxy) is 1. The number of unbranched alkanes of at least 4 members (excludes halogenated alkanes) is 1. The van der Waals surface area contributed by atoms with Crippen molar-refractivity contribution in [3.05, 3.63) is 29.6 Å². The van der Waals surface area contributed by atoms with Crippen LogP contribution in [0.25, 0.3) is 0 Å². The maximum absolute atomic E-state index is 13.4. The second-order valence-electron chi connectivity index (χ2n) is 5.42. The maximum Gasteiger partial charge on any atom is 0.124 e. The first-order valence-corrected chi connectivity index (χ1v) is 7.71. The fourth-order valence-electron chi connectivity index (χ4n) is 2.25. The number of hydrogen-bond acceptors (Lipinski definition) is 2. The Morgan fingerprint density at radius 3 is 2.65 bits per heavy atom. The van der Waals surface area contributed by atoms with Gasteiger partial charge in [-0.2, -0.15) is 0 Å². The van der Waals surface area contributed by atoms with Crippen LogP contribution in [-0.2, 0) is 0 Å². The molecule has 1 aromatic rings. The van der Waals surface area contributed by atoms with Gasteiger partial charge < -0.3 is 10.1 Å². The Morgan fingerprint density at radius 1 is 1.30 bits per heavy atom. The van der Waals surface area contributed by atoms with Crippen LogP contribution in [-0.4, -0.2) is 13.7 Å². The molecule has 2 nitrogen and oxygen atoms in total. The molecule has 2 atom stereocenters. The summed E-state index contributed by atoms with van der Waals surface area (Å²) in [4.78, 5) is 0. The van der Waals surface area contributed by atoms with Crippen LogP contribution < -0.4 is 10.1 Å². The quantitative estimate of drug-likeness (QED) is 0.708. The largest absolute Gasteiger partial charge is 0.493 e. The van der Waals surface area contributed by atoms with Crippen molar-refractivity contribution in [2.24, 2.45) is 5.92 Å². The molecule has 0 heterocycles. The Balaban J connectivity index is 2.71. The van der Waals surface area contributed by atoms with Gasteiger partial charge in [-0.15, -0.1) is 0 Å². The molecule has 3 heteroatoms. The zero-order chi connectivity index (χ0) is 15.0. The van der Waals surface area contributed by atoms with Gasteiger partial charge in [0.2, 0.25) is 0 Å². The van der Waals surface area contributed by atoms with Crippen LogP contribution in [0.5, 0.6) is 5.75 Å². The lowest BCUT2D eigenvalue weighted by Gasteiger charge is -2.20. The molecule has 20 heavy (non-hydrogen) atoms. The Bertz CT molecular complexity index is 395. The normalized spacial score (nSPS) is 14.1. The molecule has 0 aromatic heterocycles. The minimum atomic E-state index is -0.215. The van der Waals surface area contributed by atoms with Crippen LogP contribution in [0.1, 0.15) is 58.1 Å². The molecule has 0 aliphatic rings. The van der Waals surface area contributed by atoms with E-state index in [4.69, 9.17) is 4.74 Å². The SMILES string of the molecule is CCCCC(CC)COc1ccc(F)cc1C(C)NC. The van der Waals surface area contributed by atoms with Crippen LogP contribution in [0.4, 0.5) is 4.39 Å². The highest BCUT2D eigenvalue weighted by atomic mass is 19.1. The Kier molecular flexibility index (Phi) is 7.60. The van der Waals surface area contributed by atoms with Gasteiger partial charge in [-0.1, -0.05) is 33.1 Å². The Labute approximate surface area is 122 Å². The molecule has 0 spiro atoms. The molecule has 0 saturated heterocycles. The standard InChI is InChI=1S/C17H28FNO/c1-5-7-8-14(6-2)12-20-17-10-9-15(18)11-16(17)13(3)19-4/h9-11,13-14,19H,5-8,12H2,1-4H3. The van der Waals surface area contributed by atoms with Crippen LogP contribution in [0.2, 0.25) is 0 Å². The van der Waals surface area contributed by atoms with E-state index in [9.17, 15) is 4.39 Å². The highest BCUT2D eigenvalue weighted by Gasteiger charge is 2.13. The summed E-state index contributed by atoms with van der Waals surface area (Å²) in [6, 6.07) is 4.85. The minimum absolute atomic E-state index is 0.0800. The third kappa shape index (κ3) is 5.12. The van der Waals surface area contributed by atoms with Crippen LogP contribution in [0.3, 0.4) is 0 Å². The molecule has 0 saturated carbocycles. The molecular formula is C17H28FNO. The summed E-state index contributed by atoms with van der Waals surface area (Å²) in [7, 11) is 1.87. The topological polar surface area (TPSA) is 21.3 Å². The average molecular weight is 281 g/mol. The van der Waals surface area contributed by atoms with Gasteiger partial charge in [0.25, 0.3) is 0 Å². The molecular weight excluding hydrogens is 253 g/mol. The van der Waals surface area contributed by atoms with Crippen molar-refractivity contribution in [1.29, 1.82) is 0 Å². The van der Waals surface area contributed by atoms with Crippen molar-refractivity contribution < 1.29 is 9.13 Å². The molecule has 0 radical (unpaired) electrons. The molecule has 0 aliphatic carbocycles. The second-order valence-corrected chi connectivity index (χ2v) is 5.42. The second kappa shape index (κ2) is 8.96. The fourth-order valence-corrected chi connectivity index (χ4v) is 2.25. The summed E-state index contributed by atoms with van der Waals surface area (Å²) in [5.41, 5.74) is 0.887. The third-order valence-electron chi connectivity index (χ3n) is 3.89. The first kappa shape index (κ1) is 17.0. The van der Waals surface area contributed by atoms with E-state index in [0.717, 1.165) is 17.7 Å². The van der Waals surface area contributed by atoms with E-state index in [1.54, 1.807) is 12.1 Å². The summed E-state index contributed by atoms with van der Waals surface area (Å²) in [5, 5.41) is 3.14. The molecule has 1 N–H and O–H groups in total. The molecule has 1 aromatic carbocycles. The molecule has 1 rings (SSSR count). The maximum atomic E-state index is 13.4. The lowest BCUT2D eigenvalue weighted by Crippen LogP contribution is -2.16. The van der Waals surface area contributed by atoms with Crippen molar-refractivity contribution in [3.8, 4) is 5.75 Å². The van der Waals surface area contributed by atoms with E-state index in [2.05, 4.69) is 19.2 Å². The smallest absolute Gasteiger partial charge is 0.124 e. The Hall–Kier alpha value is -1.09. The summed E-state index contributed by atoms with van der Waals surface area (Å²) >= 11 is 0. The summed E-state index contributed by atoms with van der Waals surface area (Å²) in [5.74, 6) is 1.16. The summed E-state index contributed by atoms with van der Waals surface area (Å²) in [6.07, 6.45) is 4.78. The molecule has 114 valence electrons. The van der Waals surface area contributed by atoms with Crippen LogP contribution >= 0.6 is 0 Å². The van der Waals surface area contributed by atoms with E-state index in [1.165, 1.54) is 25.3 Å². The first-order chi connectivity index (χ1) is 9.62. The van der Waals surface area contributed by atoms with Gasteiger partial charge in [-0.25, -0.2) is 4.39 Å². The summed E-state index contributed by atoms with van der Waals surface area (Å²) < 4.78 is 19.4. The molecule has 0 fully saturated rings. The van der Waals surface area contributed by atoms with Gasteiger partial charge in [0.05, 0.1) is 6.61 Å². The van der Waals surface area contributed by atoms with Crippen molar-refractivity contribution >= 4 is 0 Å². The van der Waals surface area contributed by atoms with E-state index in [1.807, 2.05) is 14.0 Å². The van der Waals surface area contributed by atoms with Gasteiger partial charge in [0, 0.05) is 11.6 Å². The van der Waals surface area contributed by atoms with Gasteiger partial charge in [-0.05, 0) is 44.5 Å². The predicted molar refractivity (Wildman–Crippen MR) is 82.7 cm³/mol. The summed E-state index contributed by atoms with van der Waals surface area (Å²) in [6.45, 7) is 7.13. The van der Waals surface area contributed by atoms with Crippen molar-refractivity contribution in [3.63, 3.8) is 0 Å². The number of benzene rings is 1.